The Morgan fingerprint density at radius 2 is 1.20 bits per heavy atom. The minimum absolute atomic E-state index is 0.209. The van der Waals surface area contributed by atoms with Gasteiger partial charge in [-0.15, -0.1) is 12.1 Å². The predicted molar refractivity (Wildman–Crippen MR) is 89.5 cm³/mol. The molecule has 0 spiro atoms. The van der Waals surface area contributed by atoms with Gasteiger partial charge in [-0.3, -0.25) is 24.3 Å². The van der Waals surface area contributed by atoms with Crippen molar-refractivity contribution in [3.8, 4) is 0 Å². The Labute approximate surface area is 168 Å². The Bertz CT molecular complexity index is 396. The van der Waals surface area contributed by atoms with Gasteiger partial charge in [0.1, 0.15) is 0 Å². The molecule has 2 rings (SSSR count). The van der Waals surface area contributed by atoms with E-state index in [1.54, 1.807) is 0 Å². The summed E-state index contributed by atoms with van der Waals surface area (Å²) >= 11 is 4.62. The van der Waals surface area contributed by atoms with E-state index in [2.05, 4.69) is 63.4 Å². The van der Waals surface area contributed by atoms with Crippen LogP contribution in [-0.4, -0.2) is 0 Å². The monoisotopic (exact) mass is 434 g/mol. The molecule has 0 aliphatic carbocycles. The zero-order valence-electron chi connectivity index (χ0n) is 14.4. The summed E-state index contributed by atoms with van der Waals surface area (Å²) in [6.45, 7) is 6.02. The average Bonchev–Trinajstić information content (AvgIpc) is 2.71. The SMILES string of the molecule is Fc1cc[c-]cc1.[CH2-]CCCCCCC.[O]=[Co].[O]=[Co].[c-]1cc[c-]cc1. The van der Waals surface area contributed by atoms with Gasteiger partial charge >= 0.3 is 39.1 Å². The van der Waals surface area contributed by atoms with Gasteiger partial charge in [-0.1, -0.05) is 39.0 Å². The van der Waals surface area contributed by atoms with Crippen LogP contribution in [0.2, 0.25) is 0 Å². The van der Waals surface area contributed by atoms with E-state index in [4.69, 9.17) is 7.73 Å². The first-order valence-electron chi connectivity index (χ1n) is 7.81. The van der Waals surface area contributed by atoms with Gasteiger partial charge in [-0.25, -0.2) is 4.39 Å². The maximum Gasteiger partial charge on any atom is -0.288 e. The van der Waals surface area contributed by atoms with Gasteiger partial charge in [0.15, 0.2) is 0 Å². The summed E-state index contributed by atoms with van der Waals surface area (Å²) in [6, 6.07) is 21.5. The van der Waals surface area contributed by atoms with Crippen LogP contribution in [0, 0.1) is 30.9 Å². The second-order valence-corrected chi connectivity index (χ2v) is 4.49. The first-order chi connectivity index (χ1) is 12.3. The Kier molecular flexibility index (Phi) is 35.5. The van der Waals surface area contributed by atoms with E-state index in [1.165, 1.54) is 56.4 Å². The summed E-state index contributed by atoms with van der Waals surface area (Å²) in [5, 5.41) is 0. The van der Waals surface area contributed by atoms with Crippen molar-refractivity contribution in [2.45, 2.75) is 45.4 Å². The zero-order chi connectivity index (χ0) is 19.6. The standard InChI is InChI=1S/C8H17.C6H4F.C6H4.2Co.2O/c1-3-5-7-8-6-4-2;7-6-4-2-1-3-5-6;1-2-4-6-5-3-1;;;;/h1,3-8H2,2H3;2-5H;1-2,5-6H;;;;/q2*-1;-2;;;;. The number of unbranched alkanes of at least 4 members (excludes halogenated alkanes) is 5. The molecular formula is C20H25Co2FO2-4. The van der Waals surface area contributed by atoms with E-state index >= 15 is 0 Å². The third kappa shape index (κ3) is 31.3. The van der Waals surface area contributed by atoms with Crippen LogP contribution in [0.1, 0.15) is 45.4 Å². The maximum absolute atomic E-state index is 11.9. The smallest absolute Gasteiger partial charge is 0.288 e. The van der Waals surface area contributed by atoms with Gasteiger partial charge in [0.05, 0.1) is 0 Å². The molecule has 0 saturated carbocycles. The summed E-state index contributed by atoms with van der Waals surface area (Å²) < 4.78 is 27.8. The largest absolute Gasteiger partial charge is 0.319 e. The van der Waals surface area contributed by atoms with Gasteiger partial charge in [-0.2, -0.15) is 24.6 Å². The van der Waals surface area contributed by atoms with Crippen molar-refractivity contribution >= 4 is 0 Å². The molecule has 0 radical (unpaired) electrons. The molecule has 0 heterocycles. The molecule has 0 aliphatic rings. The molecular weight excluding hydrogens is 409 g/mol. The van der Waals surface area contributed by atoms with Crippen LogP contribution in [0.4, 0.5) is 4.39 Å². The van der Waals surface area contributed by atoms with Gasteiger partial charge in [-0.05, 0) is 0 Å². The molecule has 0 saturated heterocycles. The van der Waals surface area contributed by atoms with Crippen molar-refractivity contribution in [3.05, 3.63) is 79.5 Å². The quantitative estimate of drug-likeness (QED) is 0.437. The van der Waals surface area contributed by atoms with Crippen LogP contribution in [0.3, 0.4) is 0 Å². The Balaban J connectivity index is -0.000000265. The zero-order valence-corrected chi connectivity index (χ0v) is 16.5. The number of halogens is 1. The summed E-state index contributed by atoms with van der Waals surface area (Å²) in [4.78, 5) is 0. The number of hydrogen-bond acceptors (Lipinski definition) is 2. The normalized spacial score (nSPS) is 7.88. The molecule has 2 nitrogen and oxygen atoms in total. The first kappa shape index (κ1) is 28.8. The maximum atomic E-state index is 11.9. The molecule has 2 aromatic rings. The van der Waals surface area contributed by atoms with Crippen molar-refractivity contribution in [2.24, 2.45) is 0 Å². The fraction of sp³-hybridized carbons (Fsp3) is 0.350. The van der Waals surface area contributed by atoms with Crippen LogP contribution >= 0.6 is 0 Å². The second-order valence-electron chi connectivity index (χ2n) is 4.49. The van der Waals surface area contributed by atoms with Crippen molar-refractivity contribution < 1.29 is 43.5 Å². The van der Waals surface area contributed by atoms with Crippen molar-refractivity contribution in [1.29, 1.82) is 0 Å². The molecule has 2 aromatic carbocycles. The number of benzene rings is 2. The third-order valence-electron chi connectivity index (χ3n) is 2.58. The molecule has 25 heavy (non-hydrogen) atoms. The van der Waals surface area contributed by atoms with Crippen LogP contribution in [0.25, 0.3) is 0 Å². The van der Waals surface area contributed by atoms with Crippen molar-refractivity contribution in [1.82, 2.24) is 0 Å². The summed E-state index contributed by atoms with van der Waals surface area (Å²) in [6.07, 6.45) is 7.98. The Hall–Kier alpha value is -1.02. The molecule has 5 heteroatoms. The fourth-order valence-corrected chi connectivity index (χ4v) is 1.45. The molecule has 0 aliphatic heterocycles. The molecule has 0 fully saturated rings. The van der Waals surface area contributed by atoms with E-state index in [0.717, 1.165) is 6.42 Å². The van der Waals surface area contributed by atoms with Crippen LogP contribution in [-0.2, 0) is 39.1 Å². The minimum atomic E-state index is -0.209. The fourth-order valence-electron chi connectivity index (χ4n) is 1.45. The molecule has 0 amide bonds. The Morgan fingerprint density at radius 3 is 1.48 bits per heavy atom. The first-order valence-corrected chi connectivity index (χ1v) is 8.66. The van der Waals surface area contributed by atoms with E-state index in [0.29, 0.717) is 0 Å². The molecule has 0 bridgehead atoms. The topological polar surface area (TPSA) is 34.1 Å². The minimum Gasteiger partial charge on any atom is -0.319 e. The van der Waals surface area contributed by atoms with E-state index < -0.39 is 0 Å². The van der Waals surface area contributed by atoms with Gasteiger partial charge < -0.3 is 19.1 Å². The van der Waals surface area contributed by atoms with Crippen LogP contribution < -0.4 is 0 Å². The number of hydrogen-bond donors (Lipinski definition) is 0. The third-order valence-corrected chi connectivity index (χ3v) is 2.58. The molecule has 0 unspecified atom stereocenters. The van der Waals surface area contributed by atoms with Gasteiger partial charge in [0.2, 0.25) is 0 Å². The van der Waals surface area contributed by atoms with Crippen molar-refractivity contribution in [2.75, 3.05) is 0 Å². The summed E-state index contributed by atoms with van der Waals surface area (Å²) in [5.41, 5.74) is 0. The molecule has 0 atom stereocenters. The van der Waals surface area contributed by atoms with E-state index in [9.17, 15) is 4.39 Å². The van der Waals surface area contributed by atoms with Crippen LogP contribution in [0.15, 0.2) is 48.5 Å². The molecule has 0 aromatic heterocycles. The molecule has 146 valence electrons. The van der Waals surface area contributed by atoms with Crippen molar-refractivity contribution in [3.63, 3.8) is 0 Å². The predicted octanol–water partition coefficient (Wildman–Crippen LogP) is 5.85. The molecule has 0 N–H and O–H groups in total. The van der Waals surface area contributed by atoms with E-state index in [1.807, 2.05) is 24.3 Å². The van der Waals surface area contributed by atoms with E-state index in [-0.39, 0.29) is 5.82 Å². The Morgan fingerprint density at radius 1 is 0.800 bits per heavy atom. The van der Waals surface area contributed by atoms with Gasteiger partial charge in [0.25, 0.3) is 0 Å². The second kappa shape index (κ2) is 30.8. The van der Waals surface area contributed by atoms with Crippen LogP contribution in [0.5, 0.6) is 0 Å². The number of rotatable bonds is 5. The summed E-state index contributed by atoms with van der Waals surface area (Å²) in [7, 11) is 0. The van der Waals surface area contributed by atoms with Gasteiger partial charge in [0, 0.05) is 5.82 Å². The summed E-state index contributed by atoms with van der Waals surface area (Å²) in [5.74, 6) is -0.209. The average molecular weight is 434 g/mol.